The van der Waals surface area contributed by atoms with Crippen LogP contribution in [0.3, 0.4) is 0 Å². The molecular weight excluding hydrogens is 368 g/mol. The molecule has 2 rings (SSSR count). The summed E-state index contributed by atoms with van der Waals surface area (Å²) in [4.78, 5) is 28.0. The fourth-order valence-electron chi connectivity index (χ4n) is 3.08. The molecule has 1 amide bonds. The van der Waals surface area contributed by atoms with E-state index in [-0.39, 0.29) is 18.0 Å². The largest absolute Gasteiger partial charge is 0.469 e. The summed E-state index contributed by atoms with van der Waals surface area (Å²) in [5, 5.41) is 0.650. The molecule has 1 aliphatic rings. The molecule has 0 aromatic heterocycles. The number of hydrogen-bond donors (Lipinski definition) is 0. The third kappa shape index (κ3) is 7.03. The summed E-state index contributed by atoms with van der Waals surface area (Å²) in [7, 11) is 1.40. The number of esters is 1. The Morgan fingerprint density at radius 1 is 1.19 bits per heavy atom. The standard InChI is InChI=1S/C20H29ClN2O4/c1-20(2,3)27-19(25)23-10-8-22(9-11-23)14-16(13-18(24)26-4)15-6-5-7-17(21)12-15/h5-7,12,16H,8-11,13-14H2,1-4H3. The predicted molar refractivity (Wildman–Crippen MR) is 105 cm³/mol. The molecule has 0 radical (unpaired) electrons. The zero-order valence-electron chi connectivity index (χ0n) is 16.5. The number of methoxy groups -OCH3 is 1. The first-order valence-electron chi connectivity index (χ1n) is 9.20. The van der Waals surface area contributed by atoms with Crippen LogP contribution < -0.4 is 0 Å². The number of ether oxygens (including phenoxy) is 2. The zero-order chi connectivity index (χ0) is 20.0. The summed E-state index contributed by atoms with van der Waals surface area (Å²) in [6.07, 6.45) is 0.0199. The van der Waals surface area contributed by atoms with E-state index < -0.39 is 5.60 Å². The number of piperazine rings is 1. The SMILES string of the molecule is COC(=O)CC(CN1CCN(C(=O)OC(C)(C)C)CC1)c1cccc(Cl)c1. The van der Waals surface area contributed by atoms with Crippen LogP contribution in [0.15, 0.2) is 24.3 Å². The minimum absolute atomic E-state index is 0.00998. The number of benzene rings is 1. The Bertz CT molecular complexity index is 652. The van der Waals surface area contributed by atoms with Crippen molar-refractivity contribution in [3.05, 3.63) is 34.9 Å². The third-order valence-electron chi connectivity index (χ3n) is 4.46. The van der Waals surface area contributed by atoms with Crippen molar-refractivity contribution in [1.29, 1.82) is 0 Å². The van der Waals surface area contributed by atoms with Crippen molar-refractivity contribution in [2.75, 3.05) is 39.8 Å². The van der Waals surface area contributed by atoms with Gasteiger partial charge in [0, 0.05) is 43.7 Å². The van der Waals surface area contributed by atoms with Crippen LogP contribution in [0.1, 0.15) is 38.7 Å². The van der Waals surface area contributed by atoms with E-state index in [0.717, 1.165) is 18.7 Å². The van der Waals surface area contributed by atoms with Crippen LogP contribution in [0.4, 0.5) is 4.79 Å². The molecule has 0 aliphatic carbocycles. The molecule has 6 nitrogen and oxygen atoms in total. The summed E-state index contributed by atoms with van der Waals surface area (Å²) >= 11 is 6.12. The molecule has 27 heavy (non-hydrogen) atoms. The minimum atomic E-state index is -0.494. The van der Waals surface area contributed by atoms with E-state index in [2.05, 4.69) is 4.90 Å². The van der Waals surface area contributed by atoms with Crippen molar-refractivity contribution in [2.45, 2.75) is 38.7 Å². The highest BCUT2D eigenvalue weighted by molar-refractivity contribution is 6.30. The summed E-state index contributed by atoms with van der Waals surface area (Å²) < 4.78 is 10.3. The molecule has 7 heteroatoms. The van der Waals surface area contributed by atoms with Crippen LogP contribution in [-0.2, 0) is 14.3 Å². The number of hydrogen-bond acceptors (Lipinski definition) is 5. The molecule has 0 saturated carbocycles. The van der Waals surface area contributed by atoms with E-state index in [1.165, 1.54) is 7.11 Å². The molecule has 1 aromatic rings. The van der Waals surface area contributed by atoms with Gasteiger partial charge in [-0.15, -0.1) is 0 Å². The molecule has 1 unspecified atom stereocenters. The van der Waals surface area contributed by atoms with Gasteiger partial charge in [-0.3, -0.25) is 9.69 Å². The van der Waals surface area contributed by atoms with Crippen LogP contribution in [0.25, 0.3) is 0 Å². The van der Waals surface area contributed by atoms with Crippen molar-refractivity contribution >= 4 is 23.7 Å². The molecule has 150 valence electrons. The van der Waals surface area contributed by atoms with Gasteiger partial charge >= 0.3 is 12.1 Å². The quantitative estimate of drug-likeness (QED) is 0.712. The Kier molecular flexibility index (Phi) is 7.50. The van der Waals surface area contributed by atoms with Gasteiger partial charge in [-0.05, 0) is 38.5 Å². The topological polar surface area (TPSA) is 59.1 Å². The summed E-state index contributed by atoms with van der Waals surface area (Å²) in [6, 6.07) is 7.59. The van der Waals surface area contributed by atoms with Crippen LogP contribution >= 0.6 is 11.6 Å². The number of rotatable bonds is 5. The Balaban J connectivity index is 1.96. The molecule has 1 aliphatic heterocycles. The fraction of sp³-hybridized carbons (Fsp3) is 0.600. The third-order valence-corrected chi connectivity index (χ3v) is 4.70. The molecule has 1 atom stereocenters. The van der Waals surface area contributed by atoms with Crippen LogP contribution in [0, 0.1) is 0 Å². The maximum Gasteiger partial charge on any atom is 0.410 e. The number of carbonyl (C=O) groups is 2. The molecule has 0 spiro atoms. The Morgan fingerprint density at radius 2 is 1.85 bits per heavy atom. The second-order valence-corrected chi connectivity index (χ2v) is 8.24. The van der Waals surface area contributed by atoms with Crippen molar-refractivity contribution in [2.24, 2.45) is 0 Å². The maximum atomic E-state index is 12.2. The van der Waals surface area contributed by atoms with Crippen LogP contribution in [0.5, 0.6) is 0 Å². The molecule has 1 heterocycles. The normalized spacial score (nSPS) is 16.7. The van der Waals surface area contributed by atoms with Crippen molar-refractivity contribution in [3.8, 4) is 0 Å². The van der Waals surface area contributed by atoms with Gasteiger partial charge < -0.3 is 14.4 Å². The highest BCUT2D eigenvalue weighted by Crippen LogP contribution is 2.25. The van der Waals surface area contributed by atoms with E-state index >= 15 is 0 Å². The first-order chi connectivity index (χ1) is 12.7. The van der Waals surface area contributed by atoms with E-state index in [1.807, 2.05) is 45.0 Å². The van der Waals surface area contributed by atoms with E-state index in [4.69, 9.17) is 21.1 Å². The minimum Gasteiger partial charge on any atom is -0.469 e. The van der Waals surface area contributed by atoms with Gasteiger partial charge in [-0.25, -0.2) is 4.79 Å². The number of amides is 1. The summed E-state index contributed by atoms with van der Waals surface area (Å²) in [5.74, 6) is -0.253. The summed E-state index contributed by atoms with van der Waals surface area (Å²) in [6.45, 7) is 8.98. The highest BCUT2D eigenvalue weighted by Gasteiger charge is 2.28. The molecule has 0 bridgehead atoms. The van der Waals surface area contributed by atoms with Gasteiger partial charge in [0.05, 0.1) is 13.5 Å². The first-order valence-corrected chi connectivity index (χ1v) is 9.58. The van der Waals surface area contributed by atoms with E-state index in [0.29, 0.717) is 31.1 Å². The zero-order valence-corrected chi connectivity index (χ0v) is 17.3. The Labute approximate surface area is 166 Å². The molecule has 1 aromatic carbocycles. The van der Waals surface area contributed by atoms with Gasteiger partial charge in [-0.1, -0.05) is 23.7 Å². The van der Waals surface area contributed by atoms with E-state index in [9.17, 15) is 9.59 Å². The lowest BCUT2D eigenvalue weighted by atomic mass is 9.95. The first kappa shape index (κ1) is 21.5. The second-order valence-electron chi connectivity index (χ2n) is 7.80. The molecule has 1 fully saturated rings. The monoisotopic (exact) mass is 396 g/mol. The van der Waals surface area contributed by atoms with Gasteiger partial charge in [0.15, 0.2) is 0 Å². The molecule has 1 saturated heterocycles. The predicted octanol–water partition coefficient (Wildman–Crippen LogP) is 3.54. The number of halogens is 1. The van der Waals surface area contributed by atoms with Crippen molar-refractivity contribution < 1.29 is 19.1 Å². The lowest BCUT2D eigenvalue weighted by Gasteiger charge is -2.37. The Morgan fingerprint density at radius 3 is 2.41 bits per heavy atom. The average Bonchev–Trinajstić information content (AvgIpc) is 2.60. The molecule has 0 N–H and O–H groups in total. The highest BCUT2D eigenvalue weighted by atomic mass is 35.5. The van der Waals surface area contributed by atoms with Gasteiger partial charge in [0.1, 0.15) is 5.60 Å². The van der Waals surface area contributed by atoms with Crippen molar-refractivity contribution in [1.82, 2.24) is 9.80 Å². The van der Waals surface area contributed by atoms with Crippen LogP contribution in [0.2, 0.25) is 5.02 Å². The number of carbonyl (C=O) groups excluding carboxylic acids is 2. The van der Waals surface area contributed by atoms with E-state index in [1.54, 1.807) is 4.90 Å². The van der Waals surface area contributed by atoms with Gasteiger partial charge in [0.25, 0.3) is 0 Å². The number of nitrogens with zero attached hydrogens (tertiary/aromatic N) is 2. The lowest BCUT2D eigenvalue weighted by molar-refractivity contribution is -0.141. The van der Waals surface area contributed by atoms with Gasteiger partial charge in [-0.2, -0.15) is 0 Å². The van der Waals surface area contributed by atoms with Crippen LogP contribution in [-0.4, -0.2) is 67.3 Å². The second kappa shape index (κ2) is 9.42. The van der Waals surface area contributed by atoms with Crippen molar-refractivity contribution in [3.63, 3.8) is 0 Å². The average molecular weight is 397 g/mol. The van der Waals surface area contributed by atoms with Gasteiger partial charge in [0.2, 0.25) is 0 Å². The fourth-order valence-corrected chi connectivity index (χ4v) is 3.28. The smallest absolute Gasteiger partial charge is 0.410 e. The summed E-state index contributed by atoms with van der Waals surface area (Å²) in [5.41, 5.74) is 0.523. The molecular formula is C20H29ClN2O4. The lowest BCUT2D eigenvalue weighted by Crippen LogP contribution is -2.50. The Hall–Kier alpha value is -1.79. The maximum absolute atomic E-state index is 12.2.